The molecule has 0 aliphatic carbocycles. The van der Waals surface area contributed by atoms with Crippen LogP contribution in [0.25, 0.3) is 0 Å². The van der Waals surface area contributed by atoms with Crippen LogP contribution >= 0.6 is 0 Å². The fourth-order valence-corrected chi connectivity index (χ4v) is 1.18. The third-order valence-corrected chi connectivity index (χ3v) is 1.88. The Balaban J connectivity index is 2.51. The normalized spacial score (nSPS) is 9.50. The highest BCUT2D eigenvalue weighted by molar-refractivity contribution is 5.90. The monoisotopic (exact) mass is 189 g/mol. The van der Waals surface area contributed by atoms with Crippen molar-refractivity contribution in [2.24, 2.45) is 0 Å². The summed E-state index contributed by atoms with van der Waals surface area (Å²) < 4.78 is 0. The van der Waals surface area contributed by atoms with E-state index >= 15 is 0 Å². The van der Waals surface area contributed by atoms with Crippen molar-refractivity contribution in [1.82, 2.24) is 0 Å². The van der Waals surface area contributed by atoms with E-state index in [1.54, 1.807) is 6.08 Å². The molecule has 1 amide bonds. The molecule has 0 saturated heterocycles. The van der Waals surface area contributed by atoms with Gasteiger partial charge in [-0.1, -0.05) is 18.2 Å². The van der Waals surface area contributed by atoms with E-state index in [0.29, 0.717) is 6.42 Å². The van der Waals surface area contributed by atoms with Gasteiger partial charge < -0.3 is 5.32 Å². The zero-order valence-corrected chi connectivity index (χ0v) is 8.42. The molecule has 0 aliphatic rings. The van der Waals surface area contributed by atoms with Crippen LogP contribution in [0.5, 0.6) is 0 Å². The molecule has 1 N–H and O–H groups in total. The lowest BCUT2D eigenvalue weighted by Gasteiger charge is -2.04. The molecule has 0 bridgehead atoms. The molecule has 14 heavy (non-hydrogen) atoms. The second-order valence-corrected chi connectivity index (χ2v) is 3.25. The maximum absolute atomic E-state index is 11.3. The van der Waals surface area contributed by atoms with Gasteiger partial charge in [-0.3, -0.25) is 4.79 Å². The van der Waals surface area contributed by atoms with Crippen molar-refractivity contribution in [3.05, 3.63) is 42.5 Å². The average molecular weight is 189 g/mol. The Kier molecular flexibility index (Phi) is 3.92. The summed E-state index contributed by atoms with van der Waals surface area (Å²) in [4.78, 5) is 11.3. The van der Waals surface area contributed by atoms with Crippen molar-refractivity contribution in [2.45, 2.75) is 19.8 Å². The van der Waals surface area contributed by atoms with Gasteiger partial charge in [0.1, 0.15) is 0 Å². The third kappa shape index (κ3) is 3.44. The van der Waals surface area contributed by atoms with Crippen molar-refractivity contribution < 1.29 is 4.79 Å². The summed E-state index contributed by atoms with van der Waals surface area (Å²) in [6.07, 6.45) is 2.96. The van der Waals surface area contributed by atoms with Crippen LogP contribution in [0.4, 0.5) is 5.69 Å². The maximum atomic E-state index is 11.3. The predicted octanol–water partition coefficient (Wildman–Crippen LogP) is 2.90. The fourth-order valence-electron chi connectivity index (χ4n) is 1.18. The minimum atomic E-state index is 0.0375. The Morgan fingerprint density at radius 2 is 2.36 bits per heavy atom. The Bertz CT molecular complexity index is 331. The van der Waals surface area contributed by atoms with Crippen LogP contribution in [0, 0.1) is 6.92 Å². The van der Waals surface area contributed by atoms with Crippen molar-refractivity contribution in [1.29, 1.82) is 0 Å². The highest BCUT2D eigenvalue weighted by atomic mass is 16.1. The van der Waals surface area contributed by atoms with Crippen molar-refractivity contribution in [3.63, 3.8) is 0 Å². The molecule has 0 aromatic heterocycles. The first kappa shape index (κ1) is 10.5. The van der Waals surface area contributed by atoms with Gasteiger partial charge in [-0.25, -0.2) is 0 Å². The zero-order valence-electron chi connectivity index (χ0n) is 8.42. The Hall–Kier alpha value is -1.57. The first-order chi connectivity index (χ1) is 6.72. The van der Waals surface area contributed by atoms with Gasteiger partial charge in [-0.15, -0.1) is 6.58 Å². The molecule has 0 spiro atoms. The topological polar surface area (TPSA) is 29.1 Å². The average Bonchev–Trinajstić information content (AvgIpc) is 2.15. The standard InChI is InChI=1S/C12H15NO/c1-3-4-8-12(14)13-11-7-5-6-10(2)9-11/h3,5-7,9H,1,4,8H2,2H3,(H,13,14). The first-order valence-corrected chi connectivity index (χ1v) is 4.70. The Labute approximate surface area is 84.6 Å². The Morgan fingerprint density at radius 1 is 1.57 bits per heavy atom. The van der Waals surface area contributed by atoms with Gasteiger partial charge in [0.25, 0.3) is 0 Å². The van der Waals surface area contributed by atoms with Crippen LogP contribution in [-0.2, 0) is 4.79 Å². The van der Waals surface area contributed by atoms with Gasteiger partial charge in [-0.05, 0) is 31.0 Å². The Morgan fingerprint density at radius 3 is 3.00 bits per heavy atom. The van der Waals surface area contributed by atoms with Gasteiger partial charge in [-0.2, -0.15) is 0 Å². The van der Waals surface area contributed by atoms with Gasteiger partial charge in [0.2, 0.25) is 5.91 Å². The lowest BCUT2D eigenvalue weighted by molar-refractivity contribution is -0.116. The number of carbonyl (C=O) groups excluding carboxylic acids is 1. The van der Waals surface area contributed by atoms with Crippen LogP contribution in [-0.4, -0.2) is 5.91 Å². The van der Waals surface area contributed by atoms with Crippen molar-refractivity contribution in [2.75, 3.05) is 5.32 Å². The number of anilines is 1. The minimum Gasteiger partial charge on any atom is -0.326 e. The van der Waals surface area contributed by atoms with Crippen LogP contribution in [0.2, 0.25) is 0 Å². The van der Waals surface area contributed by atoms with E-state index in [-0.39, 0.29) is 5.91 Å². The summed E-state index contributed by atoms with van der Waals surface area (Å²) in [7, 11) is 0. The molecule has 2 nitrogen and oxygen atoms in total. The highest BCUT2D eigenvalue weighted by Gasteiger charge is 1.99. The first-order valence-electron chi connectivity index (χ1n) is 4.70. The summed E-state index contributed by atoms with van der Waals surface area (Å²) in [5.74, 6) is 0.0375. The van der Waals surface area contributed by atoms with Gasteiger partial charge >= 0.3 is 0 Å². The third-order valence-electron chi connectivity index (χ3n) is 1.88. The summed E-state index contributed by atoms with van der Waals surface area (Å²) in [5, 5.41) is 2.83. The van der Waals surface area contributed by atoms with Crippen LogP contribution in [0.1, 0.15) is 18.4 Å². The van der Waals surface area contributed by atoms with Gasteiger partial charge in [0.15, 0.2) is 0 Å². The number of rotatable bonds is 4. The minimum absolute atomic E-state index is 0.0375. The van der Waals surface area contributed by atoms with E-state index in [0.717, 1.165) is 17.7 Å². The number of hydrogen-bond acceptors (Lipinski definition) is 1. The molecule has 0 atom stereocenters. The lowest BCUT2D eigenvalue weighted by Crippen LogP contribution is -2.10. The SMILES string of the molecule is C=CCCC(=O)Nc1cccc(C)c1. The van der Waals surface area contributed by atoms with E-state index in [9.17, 15) is 4.79 Å². The number of carbonyl (C=O) groups is 1. The van der Waals surface area contributed by atoms with Crippen molar-refractivity contribution in [3.8, 4) is 0 Å². The summed E-state index contributed by atoms with van der Waals surface area (Å²) in [5.41, 5.74) is 2.01. The molecule has 0 radical (unpaired) electrons. The molecule has 1 aromatic carbocycles. The molecule has 74 valence electrons. The molecule has 0 aliphatic heterocycles. The number of allylic oxidation sites excluding steroid dienone is 1. The lowest BCUT2D eigenvalue weighted by atomic mass is 10.2. The summed E-state index contributed by atoms with van der Waals surface area (Å²) in [6, 6.07) is 7.77. The molecule has 0 heterocycles. The van der Waals surface area contributed by atoms with Crippen molar-refractivity contribution >= 4 is 11.6 Å². The van der Waals surface area contributed by atoms with E-state index in [2.05, 4.69) is 11.9 Å². The summed E-state index contributed by atoms with van der Waals surface area (Å²) in [6.45, 7) is 5.57. The van der Waals surface area contributed by atoms with E-state index in [1.807, 2.05) is 31.2 Å². The van der Waals surface area contributed by atoms with Crippen LogP contribution in [0.15, 0.2) is 36.9 Å². The van der Waals surface area contributed by atoms with Gasteiger partial charge in [0.05, 0.1) is 0 Å². The maximum Gasteiger partial charge on any atom is 0.224 e. The molecular formula is C12H15NO. The quantitative estimate of drug-likeness (QED) is 0.725. The van der Waals surface area contributed by atoms with Gasteiger partial charge in [0, 0.05) is 12.1 Å². The molecule has 1 rings (SSSR count). The number of hydrogen-bond donors (Lipinski definition) is 1. The number of benzene rings is 1. The largest absolute Gasteiger partial charge is 0.326 e. The summed E-state index contributed by atoms with van der Waals surface area (Å²) >= 11 is 0. The fraction of sp³-hybridized carbons (Fsp3) is 0.250. The molecule has 1 aromatic rings. The molecule has 0 fully saturated rings. The van der Waals surface area contributed by atoms with Crippen LogP contribution < -0.4 is 5.32 Å². The number of aryl methyl sites for hydroxylation is 1. The molecule has 0 unspecified atom stereocenters. The highest BCUT2D eigenvalue weighted by Crippen LogP contribution is 2.09. The van der Waals surface area contributed by atoms with E-state index in [4.69, 9.17) is 0 Å². The second-order valence-electron chi connectivity index (χ2n) is 3.25. The zero-order chi connectivity index (χ0) is 10.4. The molecule has 0 saturated carbocycles. The molecule has 2 heteroatoms. The second kappa shape index (κ2) is 5.22. The number of amides is 1. The smallest absolute Gasteiger partial charge is 0.224 e. The van der Waals surface area contributed by atoms with E-state index in [1.165, 1.54) is 0 Å². The predicted molar refractivity (Wildman–Crippen MR) is 59.2 cm³/mol. The number of nitrogens with one attached hydrogen (secondary N) is 1. The molecular weight excluding hydrogens is 174 g/mol. The van der Waals surface area contributed by atoms with E-state index < -0.39 is 0 Å². The van der Waals surface area contributed by atoms with Crippen LogP contribution in [0.3, 0.4) is 0 Å².